The fraction of sp³-hybridized carbons (Fsp3) is 0.711. The summed E-state index contributed by atoms with van der Waals surface area (Å²) < 4.78 is 66.8. The SMILES string of the molecule is CCCCCC1(CCCCC)OC2C3CC4(C(=O)NC(C(=O)NC(CO)CCC(=O)OC(C)(C)C)C(C)O)C(ON(Cc5ccc(C=CC(=O)OCC(F)(F)F)cc5)C4C(=O)O3)C2O1. The van der Waals surface area contributed by atoms with Crippen molar-refractivity contribution in [2.45, 2.75) is 185 Å². The number of amides is 2. The van der Waals surface area contributed by atoms with Gasteiger partial charge in [-0.15, -0.1) is 0 Å². The van der Waals surface area contributed by atoms with Crippen LogP contribution >= 0.6 is 0 Å². The normalized spacial score (nSPS) is 26.4. The summed E-state index contributed by atoms with van der Waals surface area (Å²) in [6, 6.07) is 2.60. The maximum atomic E-state index is 15.1. The standard InChI is InChI=1S/C45H64F3N3O13/c1-7-9-11-21-43(22-12-10-8-2)62-35-31-23-44(41(58)50-34(27(3)53)39(56)49-30(25-52)18-20-33(55)61-42(4,5)6)37(40(57)60-31)51(64-38(44)36(35)63-43)24-29-15-13-28(14-16-29)17-19-32(54)59-26-45(46,47)48/h13-17,19,27,30-31,34-38,52-53H,7-12,18,20-26H2,1-6H3,(H,49,56)(H,50,58). The third kappa shape index (κ3) is 12.6. The molecule has 358 valence electrons. The third-order valence-corrected chi connectivity index (χ3v) is 11.8. The van der Waals surface area contributed by atoms with E-state index in [0.717, 1.165) is 44.6 Å². The van der Waals surface area contributed by atoms with Crippen LogP contribution in [0.3, 0.4) is 0 Å². The van der Waals surface area contributed by atoms with Crippen LogP contribution in [0.5, 0.6) is 0 Å². The van der Waals surface area contributed by atoms with Crippen molar-refractivity contribution in [2.75, 3.05) is 13.2 Å². The van der Waals surface area contributed by atoms with Gasteiger partial charge in [-0.1, -0.05) is 63.8 Å². The molecule has 5 rings (SSSR count). The Morgan fingerprint density at radius 3 is 2.20 bits per heavy atom. The zero-order valence-corrected chi connectivity index (χ0v) is 37.4. The Kier molecular flexibility index (Phi) is 17.0. The molecule has 9 unspecified atom stereocenters. The molecule has 1 aliphatic carbocycles. The predicted octanol–water partition coefficient (Wildman–Crippen LogP) is 4.71. The lowest BCUT2D eigenvalue weighted by Crippen LogP contribution is -2.71. The Morgan fingerprint density at radius 2 is 1.62 bits per heavy atom. The fourth-order valence-electron chi connectivity index (χ4n) is 8.84. The van der Waals surface area contributed by atoms with Crippen LogP contribution < -0.4 is 10.6 Å². The van der Waals surface area contributed by atoms with E-state index in [1.807, 2.05) is 0 Å². The second kappa shape index (κ2) is 21.4. The van der Waals surface area contributed by atoms with E-state index in [4.69, 9.17) is 23.8 Å². The van der Waals surface area contributed by atoms with Gasteiger partial charge in [-0.25, -0.2) is 4.79 Å². The number of hydrogen-bond acceptors (Lipinski definition) is 14. The minimum absolute atomic E-state index is 0.00642. The van der Waals surface area contributed by atoms with Crippen LogP contribution in [0, 0.1) is 5.41 Å². The van der Waals surface area contributed by atoms with Crippen molar-refractivity contribution < 1.29 is 75.9 Å². The van der Waals surface area contributed by atoms with Crippen molar-refractivity contribution in [2.24, 2.45) is 5.41 Å². The third-order valence-electron chi connectivity index (χ3n) is 11.8. The number of fused-ring (bicyclic) bond motifs is 4. The number of nitrogens with zero attached hydrogens (tertiary/aromatic N) is 1. The highest BCUT2D eigenvalue weighted by Gasteiger charge is 2.76. The number of carbonyl (C=O) groups is 5. The zero-order valence-electron chi connectivity index (χ0n) is 37.4. The van der Waals surface area contributed by atoms with Crippen LogP contribution in [0.25, 0.3) is 6.08 Å². The molecular formula is C45H64F3N3O13. The van der Waals surface area contributed by atoms with Crippen molar-refractivity contribution >= 4 is 35.8 Å². The number of rotatable bonds is 22. The van der Waals surface area contributed by atoms with Gasteiger partial charge in [0, 0.05) is 31.8 Å². The molecule has 16 nitrogen and oxygen atoms in total. The monoisotopic (exact) mass is 911 g/mol. The highest BCUT2D eigenvalue weighted by Crippen LogP contribution is 2.58. The summed E-state index contributed by atoms with van der Waals surface area (Å²) >= 11 is 0. The quantitative estimate of drug-likeness (QED) is 0.0538. The minimum atomic E-state index is -4.67. The Labute approximate surface area is 371 Å². The Balaban J connectivity index is 1.43. The minimum Gasteiger partial charge on any atom is -0.460 e. The summed E-state index contributed by atoms with van der Waals surface area (Å²) in [6.45, 7) is 8.27. The van der Waals surface area contributed by atoms with Crippen LogP contribution in [0.4, 0.5) is 13.2 Å². The number of esters is 3. The van der Waals surface area contributed by atoms with Gasteiger partial charge in [-0.05, 0) is 64.2 Å². The first-order valence-corrected chi connectivity index (χ1v) is 22.3. The van der Waals surface area contributed by atoms with Crippen molar-refractivity contribution in [1.82, 2.24) is 15.7 Å². The van der Waals surface area contributed by atoms with E-state index in [0.29, 0.717) is 24.0 Å². The molecule has 0 radical (unpaired) electrons. The lowest BCUT2D eigenvalue weighted by Gasteiger charge is -2.49. The van der Waals surface area contributed by atoms with E-state index in [9.17, 15) is 42.6 Å². The van der Waals surface area contributed by atoms with Gasteiger partial charge in [0.05, 0.1) is 25.3 Å². The van der Waals surface area contributed by atoms with Crippen LogP contribution in [-0.2, 0) is 59.0 Å². The average Bonchev–Trinajstić information content (AvgIpc) is 3.77. The highest BCUT2D eigenvalue weighted by atomic mass is 19.4. The molecule has 4 N–H and O–H groups in total. The molecule has 3 aliphatic heterocycles. The molecule has 1 saturated carbocycles. The summed E-state index contributed by atoms with van der Waals surface area (Å²) in [5.74, 6) is -5.16. The number of alkyl halides is 3. The number of hydrogen-bond donors (Lipinski definition) is 4. The van der Waals surface area contributed by atoms with Gasteiger partial charge in [-0.3, -0.25) is 24.0 Å². The number of ether oxygens (including phenoxy) is 5. The largest absolute Gasteiger partial charge is 0.460 e. The summed E-state index contributed by atoms with van der Waals surface area (Å²) in [6.07, 6.45) is -1.44. The molecule has 1 aromatic rings. The van der Waals surface area contributed by atoms with Crippen molar-refractivity contribution in [3.63, 3.8) is 0 Å². The molecule has 4 aliphatic rings. The lowest BCUT2D eigenvalue weighted by atomic mass is 9.62. The molecule has 2 amide bonds. The molecule has 4 fully saturated rings. The van der Waals surface area contributed by atoms with Crippen molar-refractivity contribution in [3.8, 4) is 0 Å². The van der Waals surface area contributed by atoms with Gasteiger partial charge in [0.15, 0.2) is 18.4 Å². The number of nitrogens with one attached hydrogen (secondary N) is 2. The molecule has 3 saturated heterocycles. The molecular weight excluding hydrogens is 847 g/mol. The van der Waals surface area contributed by atoms with Gasteiger partial charge in [-0.2, -0.15) is 18.2 Å². The van der Waals surface area contributed by atoms with Crippen molar-refractivity contribution in [1.29, 1.82) is 0 Å². The van der Waals surface area contributed by atoms with E-state index in [2.05, 4.69) is 29.2 Å². The molecule has 2 bridgehead atoms. The first-order valence-electron chi connectivity index (χ1n) is 22.3. The predicted molar refractivity (Wildman–Crippen MR) is 222 cm³/mol. The smallest absolute Gasteiger partial charge is 0.422 e. The van der Waals surface area contributed by atoms with Crippen LogP contribution in [0.2, 0.25) is 0 Å². The summed E-state index contributed by atoms with van der Waals surface area (Å²) in [7, 11) is 0. The maximum absolute atomic E-state index is 15.1. The first-order chi connectivity index (χ1) is 30.1. The second-order valence-corrected chi connectivity index (χ2v) is 18.2. The molecule has 1 aromatic carbocycles. The van der Waals surface area contributed by atoms with Crippen LogP contribution in [0.15, 0.2) is 30.3 Å². The van der Waals surface area contributed by atoms with Gasteiger partial charge in [0.1, 0.15) is 41.5 Å². The van der Waals surface area contributed by atoms with Crippen LogP contribution in [0.1, 0.15) is 123 Å². The van der Waals surface area contributed by atoms with E-state index in [-0.39, 0.29) is 25.8 Å². The van der Waals surface area contributed by atoms with Crippen molar-refractivity contribution in [3.05, 3.63) is 41.5 Å². The maximum Gasteiger partial charge on any atom is 0.422 e. The second-order valence-electron chi connectivity index (χ2n) is 18.2. The summed E-state index contributed by atoms with van der Waals surface area (Å²) in [5.41, 5.74) is -1.43. The van der Waals surface area contributed by atoms with E-state index < -0.39 is 115 Å². The number of hydroxylamine groups is 2. The molecule has 3 heterocycles. The Hall–Kier alpha value is -4.14. The fourth-order valence-corrected chi connectivity index (χ4v) is 8.84. The number of aliphatic hydroxyl groups excluding tert-OH is 2. The van der Waals surface area contributed by atoms with Gasteiger partial charge in [0.25, 0.3) is 0 Å². The number of halogens is 3. The zero-order chi connectivity index (χ0) is 47.0. The molecule has 0 aromatic heterocycles. The van der Waals surface area contributed by atoms with E-state index in [1.165, 1.54) is 18.1 Å². The van der Waals surface area contributed by atoms with Gasteiger partial charge in [0.2, 0.25) is 11.8 Å². The molecule has 64 heavy (non-hydrogen) atoms. The van der Waals surface area contributed by atoms with E-state index in [1.54, 1.807) is 45.0 Å². The topological polar surface area (TPSA) is 208 Å². The highest BCUT2D eigenvalue weighted by molar-refractivity contribution is 5.96. The molecule has 19 heteroatoms. The molecule has 9 atom stereocenters. The number of unbranched alkanes of at least 4 members (excludes halogenated alkanes) is 4. The summed E-state index contributed by atoms with van der Waals surface area (Å²) in [4.78, 5) is 74.0. The number of carbonyl (C=O) groups excluding carboxylic acids is 5. The first kappa shape index (κ1) is 50.9. The number of benzene rings is 1. The average molecular weight is 912 g/mol. The van der Waals surface area contributed by atoms with Crippen LogP contribution in [-0.4, -0.2) is 124 Å². The Morgan fingerprint density at radius 1 is 0.984 bits per heavy atom. The van der Waals surface area contributed by atoms with Gasteiger partial charge >= 0.3 is 24.1 Å². The molecule has 0 spiro atoms. The summed E-state index contributed by atoms with van der Waals surface area (Å²) in [5, 5.41) is 27.7. The number of aliphatic hydroxyl groups is 2. The Bertz CT molecular complexity index is 1810. The van der Waals surface area contributed by atoms with Gasteiger partial charge < -0.3 is 44.5 Å². The lowest BCUT2D eigenvalue weighted by molar-refractivity contribution is -0.224. The van der Waals surface area contributed by atoms with E-state index >= 15 is 4.79 Å².